The lowest BCUT2D eigenvalue weighted by molar-refractivity contribution is -0.138. The van der Waals surface area contributed by atoms with Crippen LogP contribution in [0.3, 0.4) is 0 Å². The van der Waals surface area contributed by atoms with Gasteiger partial charge in [-0.05, 0) is 13.8 Å². The predicted octanol–water partition coefficient (Wildman–Crippen LogP) is -1.05. The molecule has 0 fully saturated rings. The van der Waals surface area contributed by atoms with Gasteiger partial charge in [0.25, 0.3) is 0 Å². The minimum absolute atomic E-state index is 0.0739. The minimum atomic E-state index is -3.92. The number of nitrogens with one attached hydrogen (secondary N) is 1. The Morgan fingerprint density at radius 3 is 2.43 bits per heavy atom. The summed E-state index contributed by atoms with van der Waals surface area (Å²) in [6, 6.07) is 0. The molecule has 0 atom stereocenters. The van der Waals surface area contributed by atoms with E-state index in [1.165, 1.54) is 27.9 Å². The normalized spacial score (nSPS) is 11.7. The molecule has 0 unspecified atom stereocenters. The molecule has 0 saturated heterocycles. The topological polar surface area (TPSA) is 122 Å². The van der Waals surface area contributed by atoms with E-state index in [0.717, 1.165) is 8.99 Å². The van der Waals surface area contributed by atoms with Crippen molar-refractivity contribution in [3.05, 3.63) is 11.4 Å². The summed E-state index contributed by atoms with van der Waals surface area (Å²) in [7, 11) is -1.24. The highest BCUT2D eigenvalue weighted by Gasteiger charge is 2.30. The number of carboxylic acid groups (broad SMARTS) is 1. The zero-order valence-corrected chi connectivity index (χ0v) is 13.1. The molecular formula is C11H18N4O5S. The van der Waals surface area contributed by atoms with Crippen LogP contribution in [0.4, 0.5) is 0 Å². The number of carbonyl (C=O) groups excluding carboxylic acids is 1. The summed E-state index contributed by atoms with van der Waals surface area (Å²) < 4.78 is 26.9. The second kappa shape index (κ2) is 6.22. The van der Waals surface area contributed by atoms with Gasteiger partial charge in [-0.2, -0.15) is 9.40 Å². The fraction of sp³-hybridized carbons (Fsp3) is 0.545. The van der Waals surface area contributed by atoms with Gasteiger partial charge in [-0.15, -0.1) is 0 Å². The van der Waals surface area contributed by atoms with Crippen LogP contribution in [-0.2, 0) is 26.2 Å². The molecule has 0 aliphatic rings. The number of rotatable bonds is 6. The molecule has 0 aromatic carbocycles. The number of carboxylic acids is 1. The average molecular weight is 318 g/mol. The van der Waals surface area contributed by atoms with Crippen molar-refractivity contribution in [2.75, 3.05) is 20.6 Å². The first kappa shape index (κ1) is 17.1. The lowest BCUT2D eigenvalue weighted by atomic mass is 10.4. The fourth-order valence-electron chi connectivity index (χ4n) is 1.86. The zero-order valence-electron chi connectivity index (χ0n) is 12.2. The van der Waals surface area contributed by atoms with Crippen molar-refractivity contribution < 1.29 is 23.1 Å². The van der Waals surface area contributed by atoms with Crippen molar-refractivity contribution in [3.63, 3.8) is 0 Å². The third-order valence-electron chi connectivity index (χ3n) is 2.91. The van der Waals surface area contributed by atoms with Crippen LogP contribution < -0.4 is 5.32 Å². The van der Waals surface area contributed by atoms with Crippen molar-refractivity contribution in [1.29, 1.82) is 0 Å². The summed E-state index contributed by atoms with van der Waals surface area (Å²) in [6.45, 7) is 2.19. The van der Waals surface area contributed by atoms with E-state index in [-0.39, 0.29) is 22.8 Å². The maximum absolute atomic E-state index is 12.5. The standard InChI is InChI=1S/C11H18N4O5S/c1-7-11(8(2)15(13-7)6-10(17)18)21(19,20)14(4)5-9(16)12-3/h5-6H2,1-4H3,(H,12,16)(H,17,18). The first-order valence-electron chi connectivity index (χ1n) is 6.04. The van der Waals surface area contributed by atoms with Crippen LogP contribution in [-0.4, -0.2) is 60.1 Å². The number of carbonyl (C=O) groups is 2. The van der Waals surface area contributed by atoms with Crippen molar-refractivity contribution in [2.45, 2.75) is 25.3 Å². The molecule has 21 heavy (non-hydrogen) atoms. The smallest absolute Gasteiger partial charge is 0.325 e. The molecule has 1 rings (SSSR count). The number of nitrogens with zero attached hydrogens (tertiary/aromatic N) is 3. The number of amides is 1. The van der Waals surface area contributed by atoms with Gasteiger partial charge in [0.15, 0.2) is 0 Å². The Hall–Kier alpha value is -1.94. The highest BCUT2D eigenvalue weighted by molar-refractivity contribution is 7.89. The molecule has 0 radical (unpaired) electrons. The number of aliphatic carboxylic acids is 1. The van der Waals surface area contributed by atoms with Gasteiger partial charge in [0.1, 0.15) is 11.4 Å². The number of hydrogen-bond acceptors (Lipinski definition) is 5. The van der Waals surface area contributed by atoms with Crippen LogP contribution in [0.15, 0.2) is 4.90 Å². The SMILES string of the molecule is CNC(=O)CN(C)S(=O)(=O)c1c(C)nn(CC(=O)O)c1C. The molecule has 10 heteroatoms. The van der Waals surface area contributed by atoms with E-state index in [0.29, 0.717) is 0 Å². The van der Waals surface area contributed by atoms with Gasteiger partial charge in [-0.25, -0.2) is 8.42 Å². The van der Waals surface area contributed by atoms with Gasteiger partial charge >= 0.3 is 5.97 Å². The van der Waals surface area contributed by atoms with Crippen LogP contribution in [0.2, 0.25) is 0 Å². The Balaban J connectivity index is 3.23. The van der Waals surface area contributed by atoms with E-state index in [9.17, 15) is 18.0 Å². The van der Waals surface area contributed by atoms with E-state index in [1.807, 2.05) is 0 Å². The van der Waals surface area contributed by atoms with Gasteiger partial charge in [0.2, 0.25) is 15.9 Å². The predicted molar refractivity (Wildman–Crippen MR) is 73.2 cm³/mol. The van der Waals surface area contributed by atoms with Gasteiger partial charge < -0.3 is 10.4 Å². The third kappa shape index (κ3) is 3.58. The van der Waals surface area contributed by atoms with E-state index in [4.69, 9.17) is 5.11 Å². The Morgan fingerprint density at radius 2 is 1.95 bits per heavy atom. The van der Waals surface area contributed by atoms with Crippen LogP contribution in [0.1, 0.15) is 11.4 Å². The molecule has 0 saturated carbocycles. The maximum atomic E-state index is 12.5. The molecule has 1 amide bonds. The largest absolute Gasteiger partial charge is 0.480 e. The molecule has 0 aliphatic carbocycles. The summed E-state index contributed by atoms with van der Waals surface area (Å²) in [4.78, 5) is 22.0. The molecule has 1 aromatic rings. The molecular weight excluding hydrogens is 300 g/mol. The zero-order chi connectivity index (χ0) is 16.4. The van der Waals surface area contributed by atoms with Gasteiger partial charge in [0, 0.05) is 14.1 Å². The van der Waals surface area contributed by atoms with Crippen molar-refractivity contribution in [2.24, 2.45) is 0 Å². The summed E-state index contributed by atoms with van der Waals surface area (Å²) in [5, 5.41) is 15.0. The van der Waals surface area contributed by atoms with E-state index in [2.05, 4.69) is 10.4 Å². The Morgan fingerprint density at radius 1 is 1.38 bits per heavy atom. The van der Waals surface area contributed by atoms with Gasteiger partial charge in [-0.1, -0.05) is 0 Å². The quantitative estimate of drug-likeness (QED) is 0.690. The summed E-state index contributed by atoms with van der Waals surface area (Å²) in [5.41, 5.74) is 0.413. The highest BCUT2D eigenvalue weighted by Crippen LogP contribution is 2.22. The molecule has 0 aliphatic heterocycles. The molecule has 0 bridgehead atoms. The summed E-state index contributed by atoms with van der Waals surface area (Å²) in [5.74, 6) is -1.57. The number of sulfonamides is 1. The monoisotopic (exact) mass is 318 g/mol. The van der Waals surface area contributed by atoms with E-state index in [1.54, 1.807) is 0 Å². The Kier molecular flexibility index (Phi) is 5.07. The molecule has 1 aromatic heterocycles. The summed E-state index contributed by atoms with van der Waals surface area (Å²) in [6.07, 6.45) is 0. The highest BCUT2D eigenvalue weighted by atomic mass is 32.2. The molecule has 9 nitrogen and oxygen atoms in total. The summed E-state index contributed by atoms with van der Waals surface area (Å²) >= 11 is 0. The second-order valence-electron chi connectivity index (χ2n) is 4.49. The minimum Gasteiger partial charge on any atom is -0.480 e. The van der Waals surface area contributed by atoms with Gasteiger partial charge in [0.05, 0.1) is 17.9 Å². The number of aromatic nitrogens is 2. The third-order valence-corrected chi connectivity index (χ3v) is 4.97. The van der Waals surface area contributed by atoms with E-state index >= 15 is 0 Å². The number of hydrogen-bond donors (Lipinski definition) is 2. The molecule has 2 N–H and O–H groups in total. The molecule has 1 heterocycles. The lowest BCUT2D eigenvalue weighted by Gasteiger charge is -2.16. The van der Waals surface area contributed by atoms with Crippen LogP contribution in [0.25, 0.3) is 0 Å². The Bertz CT molecular complexity index is 664. The average Bonchev–Trinajstić information content (AvgIpc) is 2.63. The van der Waals surface area contributed by atoms with Crippen molar-refractivity contribution >= 4 is 21.9 Å². The lowest BCUT2D eigenvalue weighted by Crippen LogP contribution is -2.37. The first-order chi connectivity index (χ1) is 9.61. The molecule has 118 valence electrons. The van der Waals surface area contributed by atoms with Crippen molar-refractivity contribution in [1.82, 2.24) is 19.4 Å². The Labute approximate surface area is 122 Å². The number of likely N-dealkylation sites (N-methyl/N-ethyl adjacent to an activating group) is 2. The van der Waals surface area contributed by atoms with Crippen LogP contribution >= 0.6 is 0 Å². The second-order valence-corrected chi connectivity index (χ2v) is 6.47. The van der Waals surface area contributed by atoms with Gasteiger partial charge in [-0.3, -0.25) is 14.3 Å². The first-order valence-corrected chi connectivity index (χ1v) is 7.48. The number of aryl methyl sites for hydroxylation is 1. The van der Waals surface area contributed by atoms with Crippen molar-refractivity contribution in [3.8, 4) is 0 Å². The fourth-order valence-corrected chi connectivity index (χ4v) is 3.35. The van der Waals surface area contributed by atoms with E-state index < -0.39 is 28.4 Å². The van der Waals surface area contributed by atoms with Crippen LogP contribution in [0, 0.1) is 13.8 Å². The molecule has 0 spiro atoms. The maximum Gasteiger partial charge on any atom is 0.325 e. The van der Waals surface area contributed by atoms with Crippen LogP contribution in [0.5, 0.6) is 0 Å².